The number of nitrogens with zero attached hydrogens (tertiary/aromatic N) is 3. The van der Waals surface area contributed by atoms with Gasteiger partial charge >= 0.3 is 6.01 Å². The monoisotopic (exact) mass is 415 g/mol. The van der Waals surface area contributed by atoms with E-state index in [1.54, 1.807) is 18.2 Å². The van der Waals surface area contributed by atoms with Crippen LogP contribution < -0.4 is 10.1 Å². The summed E-state index contributed by atoms with van der Waals surface area (Å²) in [5, 5.41) is 10.4. The predicted octanol–water partition coefficient (Wildman–Crippen LogP) is 3.78. The fourth-order valence-corrected chi connectivity index (χ4v) is 3.40. The van der Waals surface area contributed by atoms with Gasteiger partial charge < -0.3 is 10.1 Å². The molecular formula is C20H19ClFN5O2. The number of nitrogens with one attached hydrogen (secondary N) is 2. The molecule has 2 heterocycles. The summed E-state index contributed by atoms with van der Waals surface area (Å²) in [6.45, 7) is 0. The highest BCUT2D eigenvalue weighted by Crippen LogP contribution is 2.23. The second-order valence-electron chi connectivity index (χ2n) is 6.92. The van der Waals surface area contributed by atoms with Gasteiger partial charge in [0.15, 0.2) is 0 Å². The standard InChI is InChI=1S/C20H19ClFN5O2/c21-13-10-23-20(24-11-13)29-16-7-5-15(6-8-16)25-19(28)18-9-17(26-27-18)12-1-3-14(22)4-2-12/h1-4,9-11,15-16H,5-8H2,(H,25,28)(H,26,27). The molecule has 0 unspecified atom stereocenters. The molecule has 29 heavy (non-hydrogen) atoms. The van der Waals surface area contributed by atoms with Crippen molar-refractivity contribution in [2.75, 3.05) is 0 Å². The van der Waals surface area contributed by atoms with Crippen LogP contribution in [0.2, 0.25) is 5.02 Å². The van der Waals surface area contributed by atoms with E-state index in [0.29, 0.717) is 22.4 Å². The minimum absolute atomic E-state index is 0.0153. The molecule has 2 N–H and O–H groups in total. The summed E-state index contributed by atoms with van der Waals surface area (Å²) < 4.78 is 18.8. The molecule has 1 aliphatic rings. The summed E-state index contributed by atoms with van der Waals surface area (Å²) >= 11 is 5.77. The van der Waals surface area contributed by atoms with Crippen LogP contribution in [0.4, 0.5) is 4.39 Å². The van der Waals surface area contributed by atoms with Gasteiger partial charge in [-0.05, 0) is 56.0 Å². The third kappa shape index (κ3) is 4.89. The Hall–Kier alpha value is -3.00. The molecule has 0 radical (unpaired) electrons. The number of aromatic nitrogens is 4. The molecule has 1 amide bonds. The maximum atomic E-state index is 13.0. The third-order valence-electron chi connectivity index (χ3n) is 4.84. The maximum Gasteiger partial charge on any atom is 0.316 e. The lowest BCUT2D eigenvalue weighted by Crippen LogP contribution is -2.40. The molecule has 7 nitrogen and oxygen atoms in total. The Kier molecular flexibility index (Phi) is 5.71. The molecule has 0 saturated heterocycles. The average Bonchev–Trinajstić information content (AvgIpc) is 3.22. The van der Waals surface area contributed by atoms with Crippen LogP contribution in [-0.2, 0) is 0 Å². The Morgan fingerprint density at radius 1 is 1.14 bits per heavy atom. The van der Waals surface area contributed by atoms with Gasteiger partial charge in [0.05, 0.1) is 23.1 Å². The van der Waals surface area contributed by atoms with Crippen molar-refractivity contribution in [3.8, 4) is 17.3 Å². The maximum absolute atomic E-state index is 13.0. The minimum atomic E-state index is -0.315. The van der Waals surface area contributed by atoms with E-state index in [1.165, 1.54) is 24.5 Å². The van der Waals surface area contributed by atoms with Gasteiger partial charge in [-0.1, -0.05) is 11.6 Å². The zero-order valence-corrected chi connectivity index (χ0v) is 16.2. The first-order valence-corrected chi connectivity index (χ1v) is 9.71. The molecule has 0 spiro atoms. The van der Waals surface area contributed by atoms with Gasteiger partial charge in [-0.15, -0.1) is 0 Å². The van der Waals surface area contributed by atoms with E-state index in [-0.39, 0.29) is 23.9 Å². The molecular weight excluding hydrogens is 397 g/mol. The highest BCUT2D eigenvalue weighted by molar-refractivity contribution is 6.30. The number of amides is 1. The lowest BCUT2D eigenvalue weighted by atomic mass is 9.93. The van der Waals surface area contributed by atoms with E-state index in [1.807, 2.05) is 0 Å². The predicted molar refractivity (Wildman–Crippen MR) is 105 cm³/mol. The zero-order chi connectivity index (χ0) is 20.2. The van der Waals surface area contributed by atoms with E-state index in [9.17, 15) is 9.18 Å². The van der Waals surface area contributed by atoms with Crippen LogP contribution in [0.15, 0.2) is 42.7 Å². The average molecular weight is 416 g/mol. The number of rotatable bonds is 5. The second kappa shape index (κ2) is 8.57. The Balaban J connectivity index is 1.28. The number of hydrogen-bond acceptors (Lipinski definition) is 5. The van der Waals surface area contributed by atoms with Crippen molar-refractivity contribution >= 4 is 17.5 Å². The molecule has 1 saturated carbocycles. The molecule has 2 aromatic heterocycles. The quantitative estimate of drug-likeness (QED) is 0.661. The van der Waals surface area contributed by atoms with E-state index in [4.69, 9.17) is 16.3 Å². The summed E-state index contributed by atoms with van der Waals surface area (Å²) in [5.41, 5.74) is 1.70. The van der Waals surface area contributed by atoms with E-state index >= 15 is 0 Å². The number of carbonyl (C=O) groups is 1. The number of H-pyrrole nitrogens is 1. The molecule has 9 heteroatoms. The summed E-state index contributed by atoms with van der Waals surface area (Å²) in [6, 6.07) is 8.00. The van der Waals surface area contributed by atoms with E-state index < -0.39 is 0 Å². The first kappa shape index (κ1) is 19.3. The summed E-state index contributed by atoms with van der Waals surface area (Å²) in [7, 11) is 0. The van der Waals surface area contributed by atoms with Gasteiger partial charge in [0.1, 0.15) is 17.6 Å². The van der Waals surface area contributed by atoms with Gasteiger partial charge in [-0.25, -0.2) is 14.4 Å². The van der Waals surface area contributed by atoms with Gasteiger partial charge in [0, 0.05) is 11.6 Å². The molecule has 0 bridgehead atoms. The Morgan fingerprint density at radius 3 is 2.52 bits per heavy atom. The number of benzene rings is 1. The lowest BCUT2D eigenvalue weighted by molar-refractivity contribution is 0.0880. The van der Waals surface area contributed by atoms with Crippen LogP contribution in [0.3, 0.4) is 0 Å². The van der Waals surface area contributed by atoms with Crippen molar-refractivity contribution < 1.29 is 13.9 Å². The van der Waals surface area contributed by atoms with Crippen LogP contribution in [-0.4, -0.2) is 38.2 Å². The SMILES string of the molecule is O=C(NC1CCC(Oc2ncc(Cl)cn2)CC1)c1cc(-c2ccc(F)cc2)n[nH]1. The van der Waals surface area contributed by atoms with Crippen molar-refractivity contribution in [3.63, 3.8) is 0 Å². The van der Waals surface area contributed by atoms with Crippen LogP contribution in [0.5, 0.6) is 6.01 Å². The molecule has 3 aromatic rings. The van der Waals surface area contributed by atoms with Crippen molar-refractivity contribution in [2.24, 2.45) is 0 Å². The smallest absolute Gasteiger partial charge is 0.316 e. The molecule has 1 aromatic carbocycles. The van der Waals surface area contributed by atoms with Crippen LogP contribution in [0.25, 0.3) is 11.3 Å². The van der Waals surface area contributed by atoms with Gasteiger partial charge in [0.25, 0.3) is 5.91 Å². The number of halogens is 2. The van der Waals surface area contributed by atoms with Crippen LogP contribution in [0.1, 0.15) is 36.2 Å². The Labute approximate surface area is 171 Å². The molecule has 0 atom stereocenters. The largest absolute Gasteiger partial charge is 0.460 e. The zero-order valence-electron chi connectivity index (χ0n) is 15.4. The second-order valence-corrected chi connectivity index (χ2v) is 7.36. The van der Waals surface area contributed by atoms with Gasteiger partial charge in [-0.3, -0.25) is 9.89 Å². The normalized spacial score (nSPS) is 19.0. The Morgan fingerprint density at radius 2 is 1.83 bits per heavy atom. The highest BCUT2D eigenvalue weighted by atomic mass is 35.5. The summed E-state index contributed by atoms with van der Waals surface area (Å²) in [4.78, 5) is 20.6. The van der Waals surface area contributed by atoms with Gasteiger partial charge in [0.2, 0.25) is 0 Å². The number of hydrogen-bond donors (Lipinski definition) is 2. The number of carbonyl (C=O) groups excluding carboxylic acids is 1. The molecule has 4 rings (SSSR count). The number of ether oxygens (including phenoxy) is 1. The van der Waals surface area contributed by atoms with Crippen molar-refractivity contribution in [2.45, 2.75) is 37.8 Å². The first-order valence-electron chi connectivity index (χ1n) is 9.33. The minimum Gasteiger partial charge on any atom is -0.460 e. The van der Waals surface area contributed by atoms with E-state index in [2.05, 4.69) is 25.5 Å². The fourth-order valence-electron chi connectivity index (χ4n) is 3.31. The number of aromatic amines is 1. The fraction of sp³-hybridized carbons (Fsp3) is 0.300. The lowest BCUT2D eigenvalue weighted by Gasteiger charge is -2.28. The van der Waals surface area contributed by atoms with Gasteiger partial charge in [-0.2, -0.15) is 5.10 Å². The first-order chi connectivity index (χ1) is 14.1. The van der Waals surface area contributed by atoms with Crippen molar-refractivity contribution in [1.29, 1.82) is 0 Å². The molecule has 0 aliphatic heterocycles. The topological polar surface area (TPSA) is 92.8 Å². The van der Waals surface area contributed by atoms with Crippen LogP contribution in [0, 0.1) is 5.82 Å². The molecule has 1 aliphatic carbocycles. The summed E-state index contributed by atoms with van der Waals surface area (Å²) in [5.74, 6) is -0.527. The van der Waals surface area contributed by atoms with Crippen molar-refractivity contribution in [1.82, 2.24) is 25.5 Å². The van der Waals surface area contributed by atoms with Crippen LogP contribution >= 0.6 is 11.6 Å². The molecule has 150 valence electrons. The highest BCUT2D eigenvalue weighted by Gasteiger charge is 2.25. The summed E-state index contributed by atoms with van der Waals surface area (Å²) in [6.07, 6.45) is 6.19. The molecule has 1 fully saturated rings. The van der Waals surface area contributed by atoms with E-state index in [0.717, 1.165) is 31.2 Å². The third-order valence-corrected chi connectivity index (χ3v) is 5.04. The van der Waals surface area contributed by atoms with Crippen molar-refractivity contribution in [3.05, 3.63) is 59.3 Å². The Bertz CT molecular complexity index is 969.